The standard InChI is InChI=1S/C11H21ClN2O/c1-14-5-6-15-10(8-14)7-13-11(9-12)3-2-4-11/h10,13H,2-9H2,1H3. The van der Waals surface area contributed by atoms with E-state index < -0.39 is 0 Å². The number of morpholine rings is 1. The van der Waals surface area contributed by atoms with Gasteiger partial charge in [-0.25, -0.2) is 0 Å². The largest absolute Gasteiger partial charge is 0.374 e. The molecule has 1 unspecified atom stereocenters. The van der Waals surface area contributed by atoms with E-state index in [9.17, 15) is 0 Å². The zero-order chi connectivity index (χ0) is 10.7. The predicted octanol–water partition coefficient (Wildman–Crippen LogP) is 1.07. The van der Waals surface area contributed by atoms with Crippen molar-refractivity contribution in [2.75, 3.05) is 39.2 Å². The number of halogens is 1. The van der Waals surface area contributed by atoms with Crippen molar-refractivity contribution < 1.29 is 4.74 Å². The van der Waals surface area contributed by atoms with Gasteiger partial charge in [0.15, 0.2) is 0 Å². The Hall–Kier alpha value is 0.170. The molecule has 0 amide bonds. The number of nitrogens with zero attached hydrogens (tertiary/aromatic N) is 1. The van der Waals surface area contributed by atoms with E-state index in [0.717, 1.165) is 32.1 Å². The van der Waals surface area contributed by atoms with Gasteiger partial charge in [0.25, 0.3) is 0 Å². The Balaban J connectivity index is 1.72. The highest BCUT2D eigenvalue weighted by Crippen LogP contribution is 2.32. The van der Waals surface area contributed by atoms with Gasteiger partial charge in [-0.3, -0.25) is 0 Å². The monoisotopic (exact) mass is 232 g/mol. The number of hydrogen-bond donors (Lipinski definition) is 1. The van der Waals surface area contributed by atoms with Crippen LogP contribution in [0.2, 0.25) is 0 Å². The first-order valence-corrected chi connectivity index (χ1v) is 6.39. The van der Waals surface area contributed by atoms with Gasteiger partial charge >= 0.3 is 0 Å². The van der Waals surface area contributed by atoms with Crippen LogP contribution in [0.5, 0.6) is 0 Å². The predicted molar refractivity (Wildman–Crippen MR) is 62.5 cm³/mol. The van der Waals surface area contributed by atoms with E-state index in [4.69, 9.17) is 16.3 Å². The number of hydrogen-bond acceptors (Lipinski definition) is 3. The minimum absolute atomic E-state index is 0.223. The summed E-state index contributed by atoms with van der Waals surface area (Å²) < 4.78 is 5.71. The Morgan fingerprint density at radius 2 is 2.33 bits per heavy atom. The Morgan fingerprint density at radius 1 is 1.53 bits per heavy atom. The number of ether oxygens (including phenoxy) is 1. The van der Waals surface area contributed by atoms with Crippen LogP contribution in [-0.2, 0) is 4.74 Å². The second kappa shape index (κ2) is 5.00. The first-order valence-electron chi connectivity index (χ1n) is 5.85. The van der Waals surface area contributed by atoms with Gasteiger partial charge in [0.05, 0.1) is 12.7 Å². The van der Waals surface area contributed by atoms with E-state index in [1.807, 2.05) is 0 Å². The molecule has 1 aliphatic carbocycles. The highest BCUT2D eigenvalue weighted by Gasteiger charge is 2.36. The first kappa shape index (κ1) is 11.6. The van der Waals surface area contributed by atoms with Crippen LogP contribution in [0.3, 0.4) is 0 Å². The molecular formula is C11H21ClN2O. The fraction of sp³-hybridized carbons (Fsp3) is 1.00. The highest BCUT2D eigenvalue weighted by molar-refractivity contribution is 6.18. The Labute approximate surface area is 97.1 Å². The van der Waals surface area contributed by atoms with Crippen LogP contribution in [-0.4, -0.2) is 55.7 Å². The maximum atomic E-state index is 5.99. The van der Waals surface area contributed by atoms with Gasteiger partial charge in [0.1, 0.15) is 0 Å². The van der Waals surface area contributed by atoms with Crippen molar-refractivity contribution in [3.05, 3.63) is 0 Å². The van der Waals surface area contributed by atoms with Crippen molar-refractivity contribution in [1.82, 2.24) is 10.2 Å². The van der Waals surface area contributed by atoms with Gasteiger partial charge < -0.3 is 15.0 Å². The molecule has 0 bridgehead atoms. The molecule has 1 N–H and O–H groups in total. The fourth-order valence-corrected chi connectivity index (χ4v) is 2.64. The molecule has 2 rings (SSSR count). The Kier molecular flexibility index (Phi) is 3.88. The second-order valence-electron chi connectivity index (χ2n) is 4.90. The van der Waals surface area contributed by atoms with Crippen LogP contribution in [0.25, 0.3) is 0 Å². The molecular weight excluding hydrogens is 212 g/mol. The lowest BCUT2D eigenvalue weighted by molar-refractivity contribution is -0.0237. The Bertz CT molecular complexity index is 203. The van der Waals surface area contributed by atoms with Crippen LogP contribution in [0.1, 0.15) is 19.3 Å². The lowest BCUT2D eigenvalue weighted by Crippen LogP contribution is -2.56. The molecule has 15 heavy (non-hydrogen) atoms. The molecule has 0 aromatic rings. The number of rotatable bonds is 4. The van der Waals surface area contributed by atoms with E-state index in [0.29, 0.717) is 6.10 Å². The first-order chi connectivity index (χ1) is 7.24. The van der Waals surface area contributed by atoms with Crippen molar-refractivity contribution in [3.63, 3.8) is 0 Å². The van der Waals surface area contributed by atoms with E-state index in [1.54, 1.807) is 0 Å². The average molecular weight is 233 g/mol. The van der Waals surface area contributed by atoms with Gasteiger partial charge in [-0.05, 0) is 26.3 Å². The van der Waals surface area contributed by atoms with Gasteiger partial charge in [0.2, 0.25) is 0 Å². The molecule has 2 aliphatic rings. The topological polar surface area (TPSA) is 24.5 Å². The summed E-state index contributed by atoms with van der Waals surface area (Å²) in [5.41, 5.74) is 0.223. The molecule has 88 valence electrons. The number of alkyl halides is 1. The van der Waals surface area contributed by atoms with Gasteiger partial charge in [-0.2, -0.15) is 0 Å². The maximum absolute atomic E-state index is 5.99. The molecule has 1 heterocycles. The summed E-state index contributed by atoms with van der Waals surface area (Å²) in [6, 6.07) is 0. The van der Waals surface area contributed by atoms with Crippen LogP contribution in [0.15, 0.2) is 0 Å². The highest BCUT2D eigenvalue weighted by atomic mass is 35.5. The zero-order valence-corrected chi connectivity index (χ0v) is 10.2. The van der Waals surface area contributed by atoms with Crippen molar-refractivity contribution in [2.24, 2.45) is 0 Å². The summed E-state index contributed by atoms with van der Waals surface area (Å²) in [7, 11) is 2.15. The zero-order valence-electron chi connectivity index (χ0n) is 9.47. The van der Waals surface area contributed by atoms with E-state index in [1.165, 1.54) is 19.3 Å². The molecule has 0 aromatic carbocycles. The van der Waals surface area contributed by atoms with Crippen LogP contribution >= 0.6 is 11.6 Å². The summed E-state index contributed by atoms with van der Waals surface area (Å²) in [6.07, 6.45) is 4.09. The van der Waals surface area contributed by atoms with Crippen molar-refractivity contribution >= 4 is 11.6 Å². The smallest absolute Gasteiger partial charge is 0.0826 e. The summed E-state index contributed by atoms with van der Waals surface area (Å²) in [5.74, 6) is 0.732. The minimum Gasteiger partial charge on any atom is -0.374 e. The molecule has 2 fully saturated rings. The van der Waals surface area contributed by atoms with E-state index >= 15 is 0 Å². The van der Waals surface area contributed by atoms with Crippen molar-refractivity contribution in [3.8, 4) is 0 Å². The molecule has 1 saturated carbocycles. The third-order valence-electron chi connectivity index (χ3n) is 3.61. The molecule has 1 aliphatic heterocycles. The van der Waals surface area contributed by atoms with Gasteiger partial charge in [-0.15, -0.1) is 11.6 Å². The van der Waals surface area contributed by atoms with Crippen LogP contribution < -0.4 is 5.32 Å². The molecule has 4 heteroatoms. The summed E-state index contributed by atoms with van der Waals surface area (Å²) in [4.78, 5) is 2.32. The van der Waals surface area contributed by atoms with E-state index in [-0.39, 0.29) is 5.54 Å². The fourth-order valence-electron chi connectivity index (χ4n) is 2.28. The molecule has 1 saturated heterocycles. The normalized spacial score (nSPS) is 31.2. The summed E-state index contributed by atoms with van der Waals surface area (Å²) in [6.45, 7) is 3.89. The molecule has 0 aromatic heterocycles. The third kappa shape index (κ3) is 2.84. The quantitative estimate of drug-likeness (QED) is 0.734. The van der Waals surface area contributed by atoms with Gasteiger partial charge in [0, 0.05) is 31.1 Å². The summed E-state index contributed by atoms with van der Waals surface area (Å²) >= 11 is 5.99. The van der Waals surface area contributed by atoms with Crippen LogP contribution in [0, 0.1) is 0 Å². The maximum Gasteiger partial charge on any atom is 0.0826 e. The molecule has 0 spiro atoms. The lowest BCUT2D eigenvalue weighted by Gasteiger charge is -2.43. The van der Waals surface area contributed by atoms with Gasteiger partial charge in [-0.1, -0.05) is 0 Å². The van der Waals surface area contributed by atoms with Crippen molar-refractivity contribution in [1.29, 1.82) is 0 Å². The second-order valence-corrected chi connectivity index (χ2v) is 5.17. The Morgan fingerprint density at radius 3 is 2.87 bits per heavy atom. The molecule has 0 radical (unpaired) electrons. The van der Waals surface area contributed by atoms with E-state index in [2.05, 4.69) is 17.3 Å². The molecule has 1 atom stereocenters. The number of nitrogens with one attached hydrogen (secondary N) is 1. The molecule has 3 nitrogen and oxygen atoms in total. The van der Waals surface area contributed by atoms with Crippen LogP contribution in [0.4, 0.5) is 0 Å². The SMILES string of the molecule is CN1CCOC(CNC2(CCl)CCC2)C1. The minimum atomic E-state index is 0.223. The van der Waals surface area contributed by atoms with Crippen molar-refractivity contribution in [2.45, 2.75) is 30.9 Å². The average Bonchev–Trinajstić information content (AvgIpc) is 2.17. The summed E-state index contributed by atoms with van der Waals surface area (Å²) in [5, 5.41) is 3.59. The number of likely N-dealkylation sites (N-methyl/N-ethyl adjacent to an activating group) is 1. The lowest BCUT2D eigenvalue weighted by atomic mass is 9.78. The third-order valence-corrected chi connectivity index (χ3v) is 4.12.